The molecule has 22 heavy (non-hydrogen) atoms. The summed E-state index contributed by atoms with van der Waals surface area (Å²) < 4.78 is 39.4. The van der Waals surface area contributed by atoms with Gasteiger partial charge in [-0.2, -0.15) is 18.3 Å². The minimum atomic E-state index is -4.47. The highest BCUT2D eigenvalue weighted by Crippen LogP contribution is 2.37. The first-order chi connectivity index (χ1) is 10.4. The zero-order valence-electron chi connectivity index (χ0n) is 11.9. The van der Waals surface area contributed by atoms with Crippen LogP contribution < -0.4 is 5.32 Å². The summed E-state index contributed by atoms with van der Waals surface area (Å²) >= 11 is 0. The Morgan fingerprint density at radius 2 is 2.00 bits per heavy atom. The Morgan fingerprint density at radius 1 is 1.32 bits per heavy atom. The number of aromatic amines is 1. The lowest BCUT2D eigenvalue weighted by molar-refractivity contribution is -0.157. The standard InChI is InChI=1S/C15H16F3N3O/c1-10-12(9-20-21-10)8-19-14(22)7-13(15(16,17)18)11-5-3-2-4-6-11/h2-6,9,13H,7-8H2,1H3,(H,19,22)(H,20,21)/t13-/m0/s1. The van der Waals surface area contributed by atoms with Crippen molar-refractivity contribution in [1.29, 1.82) is 0 Å². The minimum absolute atomic E-state index is 0.0876. The lowest BCUT2D eigenvalue weighted by Gasteiger charge is -2.20. The van der Waals surface area contributed by atoms with Gasteiger partial charge >= 0.3 is 6.18 Å². The summed E-state index contributed by atoms with van der Waals surface area (Å²) in [6.45, 7) is 1.93. The van der Waals surface area contributed by atoms with Gasteiger partial charge in [0.05, 0.1) is 12.1 Å². The summed E-state index contributed by atoms with van der Waals surface area (Å²) in [5.74, 6) is -2.45. The Bertz CT molecular complexity index is 622. The highest BCUT2D eigenvalue weighted by molar-refractivity contribution is 5.77. The number of carbonyl (C=O) groups is 1. The largest absolute Gasteiger partial charge is 0.396 e. The van der Waals surface area contributed by atoms with Gasteiger partial charge in [-0.05, 0) is 12.5 Å². The zero-order chi connectivity index (χ0) is 16.2. The molecule has 0 bridgehead atoms. The van der Waals surface area contributed by atoms with Crippen molar-refractivity contribution >= 4 is 5.91 Å². The van der Waals surface area contributed by atoms with Crippen LogP contribution in [0.2, 0.25) is 0 Å². The van der Waals surface area contributed by atoms with E-state index in [2.05, 4.69) is 15.5 Å². The second-order valence-electron chi connectivity index (χ2n) is 5.01. The molecule has 118 valence electrons. The van der Waals surface area contributed by atoms with E-state index in [1.54, 1.807) is 13.0 Å². The fraction of sp³-hybridized carbons (Fsp3) is 0.333. The summed E-state index contributed by atoms with van der Waals surface area (Å²) in [5.41, 5.74) is 1.61. The maximum absolute atomic E-state index is 13.1. The van der Waals surface area contributed by atoms with E-state index in [0.717, 1.165) is 11.3 Å². The number of alkyl halides is 3. The third-order valence-electron chi connectivity index (χ3n) is 3.40. The molecular weight excluding hydrogens is 295 g/mol. The monoisotopic (exact) mass is 311 g/mol. The number of nitrogens with one attached hydrogen (secondary N) is 2. The number of carbonyl (C=O) groups excluding carboxylic acids is 1. The van der Waals surface area contributed by atoms with Gasteiger partial charge in [-0.25, -0.2) is 0 Å². The van der Waals surface area contributed by atoms with Crippen LogP contribution in [0.1, 0.15) is 29.2 Å². The van der Waals surface area contributed by atoms with Gasteiger partial charge in [0, 0.05) is 24.2 Å². The van der Waals surface area contributed by atoms with Crippen LogP contribution in [0.4, 0.5) is 13.2 Å². The fourth-order valence-corrected chi connectivity index (χ4v) is 2.11. The van der Waals surface area contributed by atoms with Gasteiger partial charge in [-0.3, -0.25) is 9.89 Å². The van der Waals surface area contributed by atoms with Crippen LogP contribution in [0.5, 0.6) is 0 Å². The molecule has 0 spiro atoms. The molecule has 2 aromatic rings. The maximum atomic E-state index is 13.1. The van der Waals surface area contributed by atoms with Crippen LogP contribution >= 0.6 is 0 Å². The third-order valence-corrected chi connectivity index (χ3v) is 3.40. The van der Waals surface area contributed by atoms with Crippen molar-refractivity contribution in [2.75, 3.05) is 0 Å². The Morgan fingerprint density at radius 3 is 2.55 bits per heavy atom. The maximum Gasteiger partial charge on any atom is 0.396 e. The summed E-state index contributed by atoms with van der Waals surface area (Å²) in [4.78, 5) is 11.8. The lowest BCUT2D eigenvalue weighted by atomic mass is 9.95. The first kappa shape index (κ1) is 16.1. The lowest BCUT2D eigenvalue weighted by Crippen LogP contribution is -2.30. The molecule has 0 aliphatic rings. The van der Waals surface area contributed by atoms with E-state index in [9.17, 15) is 18.0 Å². The number of aromatic nitrogens is 2. The number of amides is 1. The van der Waals surface area contributed by atoms with E-state index in [1.165, 1.54) is 30.5 Å². The predicted molar refractivity (Wildman–Crippen MR) is 75.0 cm³/mol. The highest BCUT2D eigenvalue weighted by Gasteiger charge is 2.41. The number of rotatable bonds is 5. The van der Waals surface area contributed by atoms with Crippen LogP contribution in [0.3, 0.4) is 0 Å². The summed E-state index contributed by atoms with van der Waals surface area (Å²) in [6.07, 6.45) is -3.57. The van der Waals surface area contributed by atoms with Gasteiger partial charge in [-0.15, -0.1) is 0 Å². The second-order valence-corrected chi connectivity index (χ2v) is 5.01. The number of benzene rings is 1. The van der Waals surface area contributed by atoms with E-state index in [-0.39, 0.29) is 12.1 Å². The first-order valence-corrected chi connectivity index (χ1v) is 6.75. The van der Waals surface area contributed by atoms with E-state index >= 15 is 0 Å². The van der Waals surface area contributed by atoms with Crippen molar-refractivity contribution in [3.8, 4) is 0 Å². The molecule has 0 unspecified atom stereocenters. The van der Waals surface area contributed by atoms with Gasteiger partial charge in [0.1, 0.15) is 0 Å². The molecule has 1 atom stereocenters. The smallest absolute Gasteiger partial charge is 0.352 e. The second kappa shape index (κ2) is 6.64. The molecule has 1 amide bonds. The van der Waals surface area contributed by atoms with Gasteiger partial charge in [0.15, 0.2) is 0 Å². The molecule has 4 nitrogen and oxygen atoms in total. The van der Waals surface area contributed by atoms with Crippen LogP contribution in [-0.2, 0) is 11.3 Å². The molecule has 1 heterocycles. The van der Waals surface area contributed by atoms with Gasteiger partial charge in [0.2, 0.25) is 5.91 Å². The van der Waals surface area contributed by atoms with E-state index in [1.807, 2.05) is 0 Å². The van der Waals surface area contributed by atoms with Crippen molar-refractivity contribution in [3.05, 3.63) is 53.3 Å². The van der Waals surface area contributed by atoms with Gasteiger partial charge in [0.25, 0.3) is 0 Å². The van der Waals surface area contributed by atoms with E-state index in [0.29, 0.717) is 0 Å². The van der Waals surface area contributed by atoms with Crippen molar-refractivity contribution in [2.45, 2.75) is 32.0 Å². The molecule has 0 fully saturated rings. The molecule has 1 aromatic heterocycles. The van der Waals surface area contributed by atoms with Crippen molar-refractivity contribution in [2.24, 2.45) is 0 Å². The molecule has 2 N–H and O–H groups in total. The molecule has 0 aliphatic heterocycles. The van der Waals surface area contributed by atoms with Gasteiger partial charge in [-0.1, -0.05) is 30.3 Å². The number of halogens is 3. The minimum Gasteiger partial charge on any atom is -0.352 e. The number of hydrogen-bond acceptors (Lipinski definition) is 2. The molecule has 0 saturated heterocycles. The molecule has 7 heteroatoms. The Hall–Kier alpha value is -2.31. The van der Waals surface area contributed by atoms with Crippen LogP contribution in [0.15, 0.2) is 36.5 Å². The van der Waals surface area contributed by atoms with Crippen LogP contribution in [-0.4, -0.2) is 22.3 Å². The molecule has 0 aliphatic carbocycles. The third kappa shape index (κ3) is 4.09. The Balaban J connectivity index is 2.01. The molecule has 1 aromatic carbocycles. The summed E-state index contributed by atoms with van der Waals surface area (Å²) in [7, 11) is 0. The number of hydrogen-bond donors (Lipinski definition) is 2. The van der Waals surface area contributed by atoms with Crippen LogP contribution in [0, 0.1) is 6.92 Å². The topological polar surface area (TPSA) is 57.8 Å². The average molecular weight is 311 g/mol. The number of H-pyrrole nitrogens is 1. The number of nitrogens with zero attached hydrogens (tertiary/aromatic N) is 1. The number of aryl methyl sites for hydroxylation is 1. The Kier molecular flexibility index (Phi) is 4.85. The highest BCUT2D eigenvalue weighted by atomic mass is 19.4. The zero-order valence-corrected chi connectivity index (χ0v) is 11.9. The molecular formula is C15H16F3N3O. The molecule has 0 saturated carbocycles. The van der Waals surface area contributed by atoms with Crippen molar-refractivity contribution in [3.63, 3.8) is 0 Å². The van der Waals surface area contributed by atoms with E-state index in [4.69, 9.17) is 0 Å². The van der Waals surface area contributed by atoms with Crippen molar-refractivity contribution in [1.82, 2.24) is 15.5 Å². The van der Waals surface area contributed by atoms with Crippen LogP contribution in [0.25, 0.3) is 0 Å². The average Bonchev–Trinajstić information content (AvgIpc) is 2.87. The first-order valence-electron chi connectivity index (χ1n) is 6.75. The van der Waals surface area contributed by atoms with E-state index < -0.39 is 24.4 Å². The van der Waals surface area contributed by atoms with Gasteiger partial charge < -0.3 is 5.32 Å². The molecule has 0 radical (unpaired) electrons. The normalized spacial score (nSPS) is 12.9. The Labute approximate surface area is 125 Å². The SMILES string of the molecule is Cc1[nH]ncc1CNC(=O)C[C@@H](c1ccccc1)C(F)(F)F. The summed E-state index contributed by atoms with van der Waals surface area (Å²) in [6, 6.07) is 7.46. The molecule has 2 rings (SSSR count). The quantitative estimate of drug-likeness (QED) is 0.891. The summed E-state index contributed by atoms with van der Waals surface area (Å²) in [5, 5.41) is 8.99. The fourth-order valence-electron chi connectivity index (χ4n) is 2.11. The predicted octanol–water partition coefficient (Wildman–Crippen LogP) is 3.07. The van der Waals surface area contributed by atoms with Crippen molar-refractivity contribution < 1.29 is 18.0 Å².